The van der Waals surface area contributed by atoms with E-state index in [-0.39, 0.29) is 17.5 Å². The van der Waals surface area contributed by atoms with Gasteiger partial charge in [-0.3, -0.25) is 0 Å². The van der Waals surface area contributed by atoms with Crippen molar-refractivity contribution in [2.75, 3.05) is 18.1 Å². The lowest BCUT2D eigenvalue weighted by Gasteiger charge is -2.12. The van der Waals surface area contributed by atoms with Gasteiger partial charge in [-0.25, -0.2) is 8.42 Å². The molecule has 0 amide bonds. The molecule has 1 aliphatic rings. The Kier molecular flexibility index (Phi) is 3.79. The molecule has 1 unspecified atom stereocenters. The summed E-state index contributed by atoms with van der Waals surface area (Å²) in [5, 5.41) is 0. The average Bonchev–Trinajstić information content (AvgIpc) is 2.95. The Balaban J connectivity index is 2.08. The quantitative estimate of drug-likeness (QED) is 0.878. The van der Waals surface area contributed by atoms with Crippen molar-refractivity contribution in [3.63, 3.8) is 0 Å². The number of hydrogen-bond acceptors (Lipinski definition) is 4. The van der Waals surface area contributed by atoms with E-state index in [2.05, 4.69) is 11.9 Å². The predicted octanol–water partition coefficient (Wildman–Crippen LogP) is 2.85. The molecule has 1 atom stereocenters. The van der Waals surface area contributed by atoms with Crippen LogP contribution in [0.25, 0.3) is 11.0 Å². The molecular formula is C14H18N2O3S2. The molecule has 5 nitrogen and oxygen atoms in total. The van der Waals surface area contributed by atoms with E-state index in [4.69, 9.17) is 17.0 Å². The second kappa shape index (κ2) is 5.46. The number of H-pyrrole nitrogens is 1. The zero-order chi connectivity index (χ0) is 15.0. The molecule has 1 aliphatic heterocycles. The number of nitrogens with zero attached hydrogens (tertiary/aromatic N) is 1. The molecule has 7 heteroatoms. The summed E-state index contributed by atoms with van der Waals surface area (Å²) in [7, 11) is -2.94. The summed E-state index contributed by atoms with van der Waals surface area (Å²) >= 11 is 5.39. The van der Waals surface area contributed by atoms with Crippen molar-refractivity contribution in [1.82, 2.24) is 9.55 Å². The van der Waals surface area contributed by atoms with Gasteiger partial charge in [0.05, 0.1) is 29.7 Å². The molecular weight excluding hydrogens is 308 g/mol. The Hall–Kier alpha value is -1.34. The van der Waals surface area contributed by atoms with Gasteiger partial charge in [-0.15, -0.1) is 0 Å². The SMILES string of the molecule is CCCOc1cccc2c1[nH]c(=S)n2C1CCS(=O)(=O)C1. The number of ether oxygens (including phenoxy) is 1. The summed E-state index contributed by atoms with van der Waals surface area (Å²) in [6.07, 6.45) is 1.54. The van der Waals surface area contributed by atoms with Gasteiger partial charge in [0.25, 0.3) is 0 Å². The number of rotatable bonds is 4. The fourth-order valence-electron chi connectivity index (χ4n) is 2.80. The molecule has 114 valence electrons. The molecule has 1 saturated heterocycles. The van der Waals surface area contributed by atoms with Gasteiger partial charge in [0.1, 0.15) is 11.3 Å². The number of aromatic amines is 1. The van der Waals surface area contributed by atoms with Crippen LogP contribution in [-0.2, 0) is 9.84 Å². The van der Waals surface area contributed by atoms with Crippen molar-refractivity contribution < 1.29 is 13.2 Å². The van der Waals surface area contributed by atoms with E-state index in [0.717, 1.165) is 23.2 Å². The van der Waals surface area contributed by atoms with Gasteiger partial charge >= 0.3 is 0 Å². The number of aromatic nitrogens is 2. The minimum absolute atomic E-state index is 0.0855. The van der Waals surface area contributed by atoms with E-state index >= 15 is 0 Å². The van der Waals surface area contributed by atoms with Crippen molar-refractivity contribution in [3.05, 3.63) is 23.0 Å². The molecule has 21 heavy (non-hydrogen) atoms. The number of nitrogens with one attached hydrogen (secondary N) is 1. The molecule has 1 aromatic heterocycles. The van der Waals surface area contributed by atoms with Crippen molar-refractivity contribution in [2.24, 2.45) is 0 Å². The van der Waals surface area contributed by atoms with Crippen LogP contribution in [0.1, 0.15) is 25.8 Å². The third kappa shape index (κ3) is 2.72. The zero-order valence-corrected chi connectivity index (χ0v) is 13.5. The van der Waals surface area contributed by atoms with Crippen LogP contribution in [0.4, 0.5) is 0 Å². The molecule has 2 heterocycles. The van der Waals surface area contributed by atoms with Gasteiger partial charge in [0, 0.05) is 0 Å². The van der Waals surface area contributed by atoms with E-state index in [1.165, 1.54) is 0 Å². The van der Waals surface area contributed by atoms with E-state index in [1.54, 1.807) is 0 Å². The monoisotopic (exact) mass is 326 g/mol. The largest absolute Gasteiger partial charge is 0.491 e. The second-order valence-corrected chi connectivity index (χ2v) is 7.97. The first kappa shape index (κ1) is 14.6. The smallest absolute Gasteiger partial charge is 0.178 e. The maximum absolute atomic E-state index is 11.7. The summed E-state index contributed by atoms with van der Waals surface area (Å²) < 4.78 is 31.6. The van der Waals surface area contributed by atoms with E-state index in [9.17, 15) is 8.42 Å². The van der Waals surface area contributed by atoms with Gasteiger partial charge in [-0.2, -0.15) is 0 Å². The number of hydrogen-bond donors (Lipinski definition) is 1. The summed E-state index contributed by atoms with van der Waals surface area (Å²) in [5.74, 6) is 1.16. The lowest BCUT2D eigenvalue weighted by molar-refractivity contribution is 0.320. The van der Waals surface area contributed by atoms with Crippen LogP contribution in [0.5, 0.6) is 5.75 Å². The maximum Gasteiger partial charge on any atom is 0.178 e. The van der Waals surface area contributed by atoms with E-state index in [0.29, 0.717) is 17.8 Å². The highest BCUT2D eigenvalue weighted by molar-refractivity contribution is 7.91. The van der Waals surface area contributed by atoms with Crippen molar-refractivity contribution in [3.8, 4) is 5.75 Å². The molecule has 1 fully saturated rings. The Morgan fingerprint density at radius 2 is 2.29 bits per heavy atom. The van der Waals surface area contributed by atoms with Gasteiger partial charge in [0.2, 0.25) is 0 Å². The summed E-state index contributed by atoms with van der Waals surface area (Å²) in [6, 6.07) is 5.68. The Bertz CT molecular complexity index is 820. The molecule has 0 saturated carbocycles. The van der Waals surface area contributed by atoms with Crippen molar-refractivity contribution in [2.45, 2.75) is 25.8 Å². The summed E-state index contributed by atoms with van der Waals surface area (Å²) in [5.41, 5.74) is 1.76. The Morgan fingerprint density at radius 3 is 2.95 bits per heavy atom. The minimum atomic E-state index is -2.94. The number of imidazole rings is 1. The number of fused-ring (bicyclic) bond motifs is 1. The van der Waals surface area contributed by atoms with Gasteiger partial charge in [-0.05, 0) is 37.2 Å². The number of sulfone groups is 1. The second-order valence-electron chi connectivity index (χ2n) is 5.36. The topological polar surface area (TPSA) is 64.1 Å². The van der Waals surface area contributed by atoms with Crippen LogP contribution >= 0.6 is 12.2 Å². The normalized spacial score (nSPS) is 20.9. The zero-order valence-electron chi connectivity index (χ0n) is 11.8. The van der Waals surface area contributed by atoms with Crippen LogP contribution in [0, 0.1) is 4.77 Å². The highest BCUT2D eigenvalue weighted by atomic mass is 32.2. The van der Waals surface area contributed by atoms with Crippen LogP contribution in [-0.4, -0.2) is 36.1 Å². The first-order valence-corrected chi connectivity index (χ1v) is 9.31. The molecule has 2 aromatic rings. The first-order valence-electron chi connectivity index (χ1n) is 7.08. The van der Waals surface area contributed by atoms with Crippen molar-refractivity contribution >= 4 is 33.1 Å². The Morgan fingerprint density at radius 1 is 1.48 bits per heavy atom. The molecule has 0 aliphatic carbocycles. The van der Waals surface area contributed by atoms with E-state index < -0.39 is 9.84 Å². The molecule has 3 rings (SSSR count). The highest BCUT2D eigenvalue weighted by Gasteiger charge is 2.30. The standard InChI is InChI=1S/C14H18N2O3S2/c1-2-7-19-12-5-3-4-11-13(12)15-14(20)16(11)10-6-8-21(17,18)9-10/h3-5,10H,2,6-9H2,1H3,(H,15,20). The Labute approximate surface area is 128 Å². The molecule has 1 aromatic carbocycles. The van der Waals surface area contributed by atoms with Crippen LogP contribution in [0.2, 0.25) is 0 Å². The fraction of sp³-hybridized carbons (Fsp3) is 0.500. The highest BCUT2D eigenvalue weighted by Crippen LogP contribution is 2.31. The molecule has 0 bridgehead atoms. The predicted molar refractivity (Wildman–Crippen MR) is 85.2 cm³/mol. The average molecular weight is 326 g/mol. The lowest BCUT2D eigenvalue weighted by Crippen LogP contribution is -2.11. The lowest BCUT2D eigenvalue weighted by atomic mass is 10.2. The van der Waals surface area contributed by atoms with Crippen LogP contribution in [0.15, 0.2) is 18.2 Å². The number of benzene rings is 1. The summed E-state index contributed by atoms with van der Waals surface area (Å²) in [6.45, 7) is 2.69. The summed E-state index contributed by atoms with van der Waals surface area (Å²) in [4.78, 5) is 3.17. The van der Waals surface area contributed by atoms with Crippen LogP contribution < -0.4 is 4.74 Å². The van der Waals surface area contributed by atoms with Crippen molar-refractivity contribution in [1.29, 1.82) is 0 Å². The van der Waals surface area contributed by atoms with Gasteiger partial charge in [0.15, 0.2) is 14.6 Å². The third-order valence-corrected chi connectivity index (χ3v) is 5.80. The molecule has 0 spiro atoms. The fourth-order valence-corrected chi connectivity index (χ4v) is 4.85. The third-order valence-electron chi connectivity index (χ3n) is 3.75. The van der Waals surface area contributed by atoms with Crippen LogP contribution in [0.3, 0.4) is 0 Å². The minimum Gasteiger partial charge on any atom is -0.491 e. The van der Waals surface area contributed by atoms with Gasteiger partial charge in [-0.1, -0.05) is 13.0 Å². The molecule has 0 radical (unpaired) electrons. The number of para-hydroxylation sites is 1. The van der Waals surface area contributed by atoms with Gasteiger partial charge < -0.3 is 14.3 Å². The maximum atomic E-state index is 11.7. The van der Waals surface area contributed by atoms with E-state index in [1.807, 2.05) is 22.8 Å². The first-order chi connectivity index (χ1) is 10.0. The molecule has 1 N–H and O–H groups in total.